The molecule has 142 valence electrons. The molecule has 1 fully saturated rings. The highest BCUT2D eigenvalue weighted by Gasteiger charge is 2.28. The summed E-state index contributed by atoms with van der Waals surface area (Å²) < 4.78 is 0. The molecule has 0 spiro atoms. The number of guanidine groups is 1. The third-order valence-electron chi connectivity index (χ3n) is 4.81. The zero-order valence-corrected chi connectivity index (χ0v) is 17.6. The summed E-state index contributed by atoms with van der Waals surface area (Å²) in [4.78, 5) is 14.6. The summed E-state index contributed by atoms with van der Waals surface area (Å²) >= 11 is 1.72. The van der Waals surface area contributed by atoms with E-state index in [1.54, 1.807) is 11.3 Å². The Morgan fingerprint density at radius 2 is 2.08 bits per heavy atom. The van der Waals surface area contributed by atoms with Crippen molar-refractivity contribution in [3.8, 4) is 0 Å². The van der Waals surface area contributed by atoms with Gasteiger partial charge in [-0.1, -0.05) is 34.6 Å². The monoisotopic (exact) mass is 365 g/mol. The summed E-state index contributed by atoms with van der Waals surface area (Å²) in [5.74, 6) is 1.03. The number of nitrogens with one attached hydrogen (secondary N) is 1. The first-order valence-electron chi connectivity index (χ1n) is 9.61. The van der Waals surface area contributed by atoms with E-state index in [4.69, 9.17) is 9.98 Å². The number of hydrogen-bond acceptors (Lipinski definition) is 4. The average Bonchev–Trinajstić information content (AvgIpc) is 3.22. The number of aliphatic imine (C=N–C) groups is 1. The van der Waals surface area contributed by atoms with Crippen LogP contribution in [0.4, 0.5) is 0 Å². The molecule has 1 saturated heterocycles. The number of likely N-dealkylation sites (tertiary alicyclic amines) is 1. The molecule has 2 heterocycles. The Balaban J connectivity index is 2.03. The standard InChI is InChI=1S/C19H35N5S/c1-7-20-18(24-11-10-15(13-24)23(8-2)9-3)21-12-17-22-16(14-25-17)19(4,5)6/h14-15H,7-13H2,1-6H3,(H,20,21). The molecule has 2 rings (SSSR count). The zero-order valence-electron chi connectivity index (χ0n) is 16.8. The third-order valence-corrected chi connectivity index (χ3v) is 5.64. The molecule has 0 amide bonds. The van der Waals surface area contributed by atoms with Gasteiger partial charge in [-0.15, -0.1) is 11.3 Å². The van der Waals surface area contributed by atoms with E-state index in [2.05, 4.69) is 62.0 Å². The molecule has 1 aromatic rings. The minimum atomic E-state index is 0.106. The van der Waals surface area contributed by atoms with E-state index in [0.717, 1.165) is 49.4 Å². The summed E-state index contributed by atoms with van der Waals surface area (Å²) in [7, 11) is 0. The molecule has 25 heavy (non-hydrogen) atoms. The molecule has 1 aliphatic heterocycles. The predicted octanol–water partition coefficient (Wildman–Crippen LogP) is 3.32. The van der Waals surface area contributed by atoms with Crippen LogP contribution in [0.1, 0.15) is 58.7 Å². The van der Waals surface area contributed by atoms with Crippen LogP contribution in [-0.2, 0) is 12.0 Å². The molecule has 0 radical (unpaired) electrons. The maximum Gasteiger partial charge on any atom is 0.194 e. The third kappa shape index (κ3) is 5.42. The van der Waals surface area contributed by atoms with Gasteiger partial charge in [0.05, 0.1) is 12.2 Å². The van der Waals surface area contributed by atoms with E-state index < -0.39 is 0 Å². The number of hydrogen-bond donors (Lipinski definition) is 1. The van der Waals surface area contributed by atoms with Crippen LogP contribution < -0.4 is 5.32 Å². The Hall–Kier alpha value is -1.14. The van der Waals surface area contributed by atoms with Crippen molar-refractivity contribution in [1.29, 1.82) is 0 Å². The van der Waals surface area contributed by atoms with Crippen LogP contribution in [0, 0.1) is 0 Å². The quantitative estimate of drug-likeness (QED) is 0.620. The Morgan fingerprint density at radius 3 is 2.64 bits per heavy atom. The van der Waals surface area contributed by atoms with Gasteiger partial charge in [-0.3, -0.25) is 4.90 Å². The summed E-state index contributed by atoms with van der Waals surface area (Å²) in [5.41, 5.74) is 1.27. The van der Waals surface area contributed by atoms with Gasteiger partial charge in [0.25, 0.3) is 0 Å². The average molecular weight is 366 g/mol. The first kappa shape index (κ1) is 20.2. The largest absolute Gasteiger partial charge is 0.357 e. The van der Waals surface area contributed by atoms with Gasteiger partial charge in [-0.25, -0.2) is 9.98 Å². The van der Waals surface area contributed by atoms with Crippen molar-refractivity contribution in [3.63, 3.8) is 0 Å². The number of rotatable bonds is 6. The molecular weight excluding hydrogens is 330 g/mol. The van der Waals surface area contributed by atoms with Crippen molar-refractivity contribution in [1.82, 2.24) is 20.1 Å². The fourth-order valence-corrected chi connectivity index (χ4v) is 4.21. The fraction of sp³-hybridized carbons (Fsp3) is 0.789. The topological polar surface area (TPSA) is 43.8 Å². The Kier molecular flexibility index (Phi) is 7.25. The summed E-state index contributed by atoms with van der Waals surface area (Å²) in [6.45, 7) is 19.2. The Bertz CT molecular complexity index is 556. The minimum absolute atomic E-state index is 0.106. The Morgan fingerprint density at radius 1 is 1.36 bits per heavy atom. The zero-order chi connectivity index (χ0) is 18.4. The van der Waals surface area contributed by atoms with Gasteiger partial charge in [-0.2, -0.15) is 0 Å². The second kappa shape index (κ2) is 8.99. The number of nitrogens with zero attached hydrogens (tertiary/aromatic N) is 4. The molecule has 1 aliphatic rings. The molecule has 1 atom stereocenters. The van der Waals surface area contributed by atoms with Crippen molar-refractivity contribution in [3.05, 3.63) is 16.1 Å². The van der Waals surface area contributed by atoms with Crippen molar-refractivity contribution < 1.29 is 0 Å². The normalized spacial score (nSPS) is 19.1. The molecule has 0 aromatic carbocycles. The molecule has 5 nitrogen and oxygen atoms in total. The van der Waals surface area contributed by atoms with Crippen molar-refractivity contribution in [2.24, 2.45) is 4.99 Å². The number of aromatic nitrogens is 1. The lowest BCUT2D eigenvalue weighted by atomic mass is 9.93. The van der Waals surface area contributed by atoms with E-state index in [-0.39, 0.29) is 5.41 Å². The van der Waals surface area contributed by atoms with Crippen LogP contribution in [0.2, 0.25) is 0 Å². The van der Waals surface area contributed by atoms with Gasteiger partial charge in [-0.05, 0) is 26.4 Å². The SMILES string of the molecule is CCNC(=NCc1nc(C(C)(C)C)cs1)N1CCC(N(CC)CC)C1. The first-order valence-corrected chi connectivity index (χ1v) is 10.5. The van der Waals surface area contributed by atoms with E-state index in [1.807, 2.05) is 0 Å². The molecule has 1 unspecified atom stereocenters. The maximum absolute atomic E-state index is 4.87. The van der Waals surface area contributed by atoms with Gasteiger partial charge in [0.15, 0.2) is 5.96 Å². The van der Waals surface area contributed by atoms with Crippen molar-refractivity contribution in [2.75, 3.05) is 32.7 Å². The highest BCUT2D eigenvalue weighted by Crippen LogP contribution is 2.24. The number of likely N-dealkylation sites (N-methyl/N-ethyl adjacent to an activating group) is 1. The molecule has 6 heteroatoms. The van der Waals surface area contributed by atoms with Crippen LogP contribution in [-0.4, -0.2) is 59.5 Å². The first-order chi connectivity index (χ1) is 11.9. The lowest BCUT2D eigenvalue weighted by Gasteiger charge is -2.27. The van der Waals surface area contributed by atoms with E-state index >= 15 is 0 Å². The lowest BCUT2D eigenvalue weighted by molar-refractivity contribution is 0.223. The summed E-state index contributed by atoms with van der Waals surface area (Å²) in [6, 6.07) is 0.645. The molecule has 0 bridgehead atoms. The van der Waals surface area contributed by atoms with Crippen LogP contribution in [0.3, 0.4) is 0 Å². The molecule has 0 aliphatic carbocycles. The van der Waals surface area contributed by atoms with Crippen LogP contribution in [0.15, 0.2) is 10.4 Å². The maximum atomic E-state index is 4.87. The second-order valence-corrected chi connectivity index (χ2v) is 8.60. The molecular formula is C19H35N5S. The Labute approximate surface area is 157 Å². The van der Waals surface area contributed by atoms with Crippen molar-refractivity contribution >= 4 is 17.3 Å². The second-order valence-electron chi connectivity index (χ2n) is 7.66. The van der Waals surface area contributed by atoms with E-state index in [9.17, 15) is 0 Å². The minimum Gasteiger partial charge on any atom is -0.357 e. The van der Waals surface area contributed by atoms with Crippen molar-refractivity contribution in [2.45, 2.75) is 66.0 Å². The lowest BCUT2D eigenvalue weighted by Crippen LogP contribution is -2.43. The van der Waals surface area contributed by atoms with Gasteiger partial charge in [0, 0.05) is 36.5 Å². The van der Waals surface area contributed by atoms with Gasteiger partial charge >= 0.3 is 0 Å². The van der Waals surface area contributed by atoms with Gasteiger partial charge in [0.1, 0.15) is 5.01 Å². The van der Waals surface area contributed by atoms with Crippen LogP contribution in [0.25, 0.3) is 0 Å². The smallest absolute Gasteiger partial charge is 0.194 e. The van der Waals surface area contributed by atoms with Gasteiger partial charge in [0.2, 0.25) is 0 Å². The van der Waals surface area contributed by atoms with Gasteiger partial charge < -0.3 is 10.2 Å². The van der Waals surface area contributed by atoms with E-state index in [0.29, 0.717) is 12.6 Å². The molecule has 1 aromatic heterocycles. The molecule has 0 saturated carbocycles. The highest BCUT2D eigenvalue weighted by atomic mass is 32.1. The summed E-state index contributed by atoms with van der Waals surface area (Å²) in [5, 5.41) is 6.73. The van der Waals surface area contributed by atoms with Crippen LogP contribution >= 0.6 is 11.3 Å². The highest BCUT2D eigenvalue weighted by molar-refractivity contribution is 7.09. The van der Waals surface area contributed by atoms with E-state index in [1.165, 1.54) is 6.42 Å². The number of thiazole rings is 1. The summed E-state index contributed by atoms with van der Waals surface area (Å²) in [6.07, 6.45) is 1.22. The molecule has 1 N–H and O–H groups in total. The van der Waals surface area contributed by atoms with Crippen LogP contribution in [0.5, 0.6) is 0 Å². The predicted molar refractivity (Wildman–Crippen MR) is 109 cm³/mol. The fourth-order valence-electron chi connectivity index (χ4n) is 3.27.